The number of aromatic nitrogens is 3. The van der Waals surface area contributed by atoms with E-state index < -0.39 is 0 Å². The molecular weight excluding hydrogens is 264 g/mol. The zero-order valence-electron chi connectivity index (χ0n) is 12.6. The molecule has 2 aromatic heterocycles. The smallest absolute Gasteiger partial charge is 0.163 e. The van der Waals surface area contributed by atoms with Gasteiger partial charge < -0.3 is 10.1 Å². The van der Waals surface area contributed by atoms with Crippen LogP contribution in [0.4, 0.5) is 5.82 Å². The third-order valence-corrected chi connectivity index (χ3v) is 3.82. The molecule has 5 nitrogen and oxygen atoms in total. The molecule has 21 heavy (non-hydrogen) atoms. The number of aryl methyl sites for hydroxylation is 1. The number of rotatable bonds is 3. The van der Waals surface area contributed by atoms with Crippen molar-refractivity contribution in [2.24, 2.45) is 0 Å². The first-order valence-corrected chi connectivity index (χ1v) is 7.21. The fourth-order valence-corrected chi connectivity index (χ4v) is 2.58. The molecule has 0 radical (unpaired) electrons. The number of nitrogens with one attached hydrogen (secondary N) is 1. The van der Waals surface area contributed by atoms with Gasteiger partial charge in [0.25, 0.3) is 0 Å². The van der Waals surface area contributed by atoms with E-state index in [0.717, 1.165) is 30.1 Å². The Morgan fingerprint density at radius 2 is 2.19 bits per heavy atom. The molecule has 1 aliphatic heterocycles. The summed E-state index contributed by atoms with van der Waals surface area (Å²) >= 11 is 0. The number of ether oxygens (including phenoxy) is 1. The molecule has 1 saturated heterocycles. The molecule has 3 rings (SSSR count). The molecule has 2 aromatic rings. The molecule has 0 aromatic carbocycles. The molecule has 0 amide bonds. The summed E-state index contributed by atoms with van der Waals surface area (Å²) in [6, 6.07) is 6.08. The van der Waals surface area contributed by atoms with Crippen molar-refractivity contribution in [2.75, 3.05) is 11.9 Å². The summed E-state index contributed by atoms with van der Waals surface area (Å²) in [5.74, 6) is 1.53. The predicted octanol–water partition coefficient (Wildman–Crippen LogP) is 2.83. The van der Waals surface area contributed by atoms with Gasteiger partial charge in [0.2, 0.25) is 0 Å². The topological polar surface area (TPSA) is 59.9 Å². The molecule has 110 valence electrons. The van der Waals surface area contributed by atoms with Crippen LogP contribution in [0.1, 0.15) is 26.0 Å². The summed E-state index contributed by atoms with van der Waals surface area (Å²) < 4.78 is 5.75. The molecule has 0 saturated carbocycles. The minimum absolute atomic E-state index is 0.173. The molecule has 1 atom stereocenters. The van der Waals surface area contributed by atoms with Crippen molar-refractivity contribution in [1.82, 2.24) is 15.0 Å². The van der Waals surface area contributed by atoms with Crippen molar-refractivity contribution >= 4 is 5.82 Å². The van der Waals surface area contributed by atoms with E-state index in [1.165, 1.54) is 0 Å². The van der Waals surface area contributed by atoms with Crippen LogP contribution in [-0.4, -0.2) is 33.2 Å². The van der Waals surface area contributed by atoms with Gasteiger partial charge in [-0.1, -0.05) is 0 Å². The molecule has 1 N–H and O–H groups in total. The molecule has 0 aliphatic carbocycles. The van der Waals surface area contributed by atoms with Crippen LogP contribution in [0.2, 0.25) is 0 Å². The van der Waals surface area contributed by atoms with Crippen LogP contribution in [0.3, 0.4) is 0 Å². The standard InChI is InChI=1S/C16H20N4O/c1-11-9-14(19-13-6-8-21-16(13,2)3)20-15(18-11)12-5-4-7-17-10-12/h4-5,7,9-10,13H,6,8H2,1-3H3,(H,18,19,20). The highest BCUT2D eigenvalue weighted by Gasteiger charge is 2.35. The molecule has 1 unspecified atom stereocenters. The molecule has 0 bridgehead atoms. The van der Waals surface area contributed by atoms with Gasteiger partial charge in [-0.3, -0.25) is 4.98 Å². The second kappa shape index (κ2) is 5.41. The molecule has 0 spiro atoms. The number of pyridine rings is 1. The molecule has 1 aliphatic rings. The van der Waals surface area contributed by atoms with Crippen molar-refractivity contribution in [1.29, 1.82) is 0 Å². The van der Waals surface area contributed by atoms with Gasteiger partial charge in [0.05, 0.1) is 11.6 Å². The van der Waals surface area contributed by atoms with Crippen LogP contribution < -0.4 is 5.32 Å². The van der Waals surface area contributed by atoms with Crippen LogP contribution in [0, 0.1) is 6.92 Å². The summed E-state index contributed by atoms with van der Waals surface area (Å²) in [7, 11) is 0. The SMILES string of the molecule is Cc1cc(NC2CCOC2(C)C)nc(-c2cccnc2)n1. The van der Waals surface area contributed by atoms with Gasteiger partial charge in [-0.05, 0) is 39.3 Å². The van der Waals surface area contributed by atoms with Crippen LogP contribution in [0.15, 0.2) is 30.6 Å². The summed E-state index contributed by atoms with van der Waals surface area (Å²) in [4.78, 5) is 13.2. The quantitative estimate of drug-likeness (QED) is 0.939. The van der Waals surface area contributed by atoms with Crippen molar-refractivity contribution in [3.05, 3.63) is 36.3 Å². The Morgan fingerprint density at radius 3 is 2.86 bits per heavy atom. The normalized spacial score (nSPS) is 20.4. The number of hydrogen-bond acceptors (Lipinski definition) is 5. The minimum atomic E-state index is -0.173. The molecule has 3 heterocycles. The maximum atomic E-state index is 5.75. The summed E-state index contributed by atoms with van der Waals surface area (Å²) in [5, 5.41) is 3.49. The van der Waals surface area contributed by atoms with E-state index in [0.29, 0.717) is 5.82 Å². The summed E-state index contributed by atoms with van der Waals surface area (Å²) in [6.07, 6.45) is 4.51. The van der Waals surface area contributed by atoms with E-state index in [1.54, 1.807) is 12.4 Å². The minimum Gasteiger partial charge on any atom is -0.373 e. The van der Waals surface area contributed by atoms with Crippen LogP contribution >= 0.6 is 0 Å². The third-order valence-electron chi connectivity index (χ3n) is 3.82. The maximum absolute atomic E-state index is 5.75. The highest BCUT2D eigenvalue weighted by atomic mass is 16.5. The Kier molecular flexibility index (Phi) is 3.59. The second-order valence-corrected chi connectivity index (χ2v) is 5.90. The van der Waals surface area contributed by atoms with Crippen molar-refractivity contribution in [3.8, 4) is 11.4 Å². The van der Waals surface area contributed by atoms with Gasteiger partial charge in [0, 0.05) is 36.3 Å². The average molecular weight is 284 g/mol. The molecule has 1 fully saturated rings. The van der Waals surface area contributed by atoms with Gasteiger partial charge >= 0.3 is 0 Å². The number of nitrogens with zero attached hydrogens (tertiary/aromatic N) is 3. The Bertz CT molecular complexity index is 627. The van der Waals surface area contributed by atoms with Crippen LogP contribution in [0.5, 0.6) is 0 Å². The van der Waals surface area contributed by atoms with Crippen LogP contribution in [0.25, 0.3) is 11.4 Å². The van der Waals surface area contributed by atoms with E-state index in [2.05, 4.69) is 34.1 Å². The van der Waals surface area contributed by atoms with E-state index in [1.807, 2.05) is 25.1 Å². The highest BCUT2D eigenvalue weighted by Crippen LogP contribution is 2.28. The van der Waals surface area contributed by atoms with Gasteiger partial charge in [-0.15, -0.1) is 0 Å². The fourth-order valence-electron chi connectivity index (χ4n) is 2.58. The third kappa shape index (κ3) is 3.03. The number of anilines is 1. The van der Waals surface area contributed by atoms with Gasteiger partial charge in [-0.25, -0.2) is 9.97 Å². The lowest BCUT2D eigenvalue weighted by atomic mass is 9.99. The Hall–Kier alpha value is -2.01. The lowest BCUT2D eigenvalue weighted by Crippen LogP contribution is -2.38. The fraction of sp³-hybridized carbons (Fsp3) is 0.438. The van der Waals surface area contributed by atoms with E-state index in [-0.39, 0.29) is 11.6 Å². The molecule has 5 heteroatoms. The summed E-state index contributed by atoms with van der Waals surface area (Å²) in [5.41, 5.74) is 1.68. The largest absolute Gasteiger partial charge is 0.373 e. The second-order valence-electron chi connectivity index (χ2n) is 5.90. The number of hydrogen-bond donors (Lipinski definition) is 1. The molecular formula is C16H20N4O. The monoisotopic (exact) mass is 284 g/mol. The Balaban J connectivity index is 1.88. The van der Waals surface area contributed by atoms with Crippen molar-refractivity contribution in [2.45, 2.75) is 38.8 Å². The highest BCUT2D eigenvalue weighted by molar-refractivity contribution is 5.56. The zero-order chi connectivity index (χ0) is 14.9. The first kappa shape index (κ1) is 13.9. The van der Waals surface area contributed by atoms with Crippen molar-refractivity contribution < 1.29 is 4.74 Å². The summed E-state index contributed by atoms with van der Waals surface area (Å²) in [6.45, 7) is 6.97. The lowest BCUT2D eigenvalue weighted by Gasteiger charge is -2.27. The van der Waals surface area contributed by atoms with E-state index in [4.69, 9.17) is 4.74 Å². The maximum Gasteiger partial charge on any atom is 0.163 e. The van der Waals surface area contributed by atoms with E-state index >= 15 is 0 Å². The van der Waals surface area contributed by atoms with Gasteiger partial charge in [0.15, 0.2) is 5.82 Å². The van der Waals surface area contributed by atoms with Crippen molar-refractivity contribution in [3.63, 3.8) is 0 Å². The predicted molar refractivity (Wildman–Crippen MR) is 82.1 cm³/mol. The average Bonchev–Trinajstić information content (AvgIpc) is 2.78. The van der Waals surface area contributed by atoms with Gasteiger partial charge in [-0.2, -0.15) is 0 Å². The Labute approximate surface area is 124 Å². The van der Waals surface area contributed by atoms with Crippen LogP contribution in [-0.2, 0) is 4.74 Å². The first-order chi connectivity index (χ1) is 10.0. The zero-order valence-corrected chi connectivity index (χ0v) is 12.6. The van der Waals surface area contributed by atoms with E-state index in [9.17, 15) is 0 Å². The first-order valence-electron chi connectivity index (χ1n) is 7.21. The lowest BCUT2D eigenvalue weighted by molar-refractivity contribution is 0.0314. The van der Waals surface area contributed by atoms with Gasteiger partial charge in [0.1, 0.15) is 5.82 Å². The Morgan fingerprint density at radius 1 is 1.33 bits per heavy atom.